The molecule has 1 aliphatic rings. The maximum atomic E-state index is 6.49. The summed E-state index contributed by atoms with van der Waals surface area (Å²) >= 11 is 6.49. The van der Waals surface area contributed by atoms with Gasteiger partial charge in [-0.25, -0.2) is 15.0 Å². The fourth-order valence-corrected chi connectivity index (χ4v) is 7.59. The summed E-state index contributed by atoms with van der Waals surface area (Å²) in [6.07, 6.45) is 0. The van der Waals surface area contributed by atoms with Gasteiger partial charge < -0.3 is 8.83 Å². The third-order valence-electron chi connectivity index (χ3n) is 9.82. The van der Waals surface area contributed by atoms with Crippen molar-refractivity contribution in [2.24, 2.45) is 0 Å². The van der Waals surface area contributed by atoms with Gasteiger partial charge in [0.2, 0.25) is 0 Å². The minimum atomic E-state index is -0.152. The number of furan rings is 2. The van der Waals surface area contributed by atoms with Crippen molar-refractivity contribution in [2.75, 3.05) is 0 Å². The van der Waals surface area contributed by atoms with Crippen LogP contribution in [-0.2, 0) is 5.41 Å². The predicted molar refractivity (Wildman–Crippen MR) is 193 cm³/mol. The first kappa shape index (κ1) is 27.3. The van der Waals surface area contributed by atoms with Crippen molar-refractivity contribution in [2.45, 2.75) is 19.3 Å². The molecule has 0 unspecified atom stereocenters. The molecule has 0 N–H and O–H groups in total. The van der Waals surface area contributed by atoms with E-state index in [1.807, 2.05) is 60.7 Å². The molecule has 0 fully saturated rings. The van der Waals surface area contributed by atoms with Crippen molar-refractivity contribution in [3.8, 4) is 45.3 Å². The fourth-order valence-electron chi connectivity index (χ4n) is 7.37. The van der Waals surface area contributed by atoms with Gasteiger partial charge in [-0.15, -0.1) is 0 Å². The van der Waals surface area contributed by atoms with Gasteiger partial charge >= 0.3 is 0 Å². The van der Waals surface area contributed by atoms with Crippen LogP contribution in [0.5, 0.6) is 0 Å². The highest BCUT2D eigenvalue weighted by atomic mass is 35.5. The fraction of sp³-hybridized carbons (Fsp3) is 0.0714. The molecule has 6 aromatic carbocycles. The van der Waals surface area contributed by atoms with Gasteiger partial charge in [0, 0.05) is 43.7 Å². The van der Waals surface area contributed by atoms with Crippen LogP contribution in [0.4, 0.5) is 0 Å². The molecular weight excluding hydrogens is 614 g/mol. The molecule has 0 bridgehead atoms. The van der Waals surface area contributed by atoms with E-state index in [4.69, 9.17) is 35.4 Å². The van der Waals surface area contributed by atoms with E-state index in [2.05, 4.69) is 74.5 Å². The van der Waals surface area contributed by atoms with Gasteiger partial charge in [-0.3, -0.25) is 0 Å². The highest BCUT2D eigenvalue weighted by Gasteiger charge is 2.35. The van der Waals surface area contributed by atoms with Crippen LogP contribution in [0.1, 0.15) is 25.0 Å². The third-order valence-corrected chi connectivity index (χ3v) is 10.1. The first-order valence-corrected chi connectivity index (χ1v) is 16.3. The highest BCUT2D eigenvalue weighted by Crippen LogP contribution is 2.49. The maximum absolute atomic E-state index is 6.49. The lowest BCUT2D eigenvalue weighted by atomic mass is 9.82. The Kier molecular flexibility index (Phi) is 5.62. The molecule has 3 aromatic heterocycles. The van der Waals surface area contributed by atoms with Gasteiger partial charge in [-0.2, -0.15) is 0 Å². The van der Waals surface area contributed by atoms with E-state index in [1.54, 1.807) is 0 Å². The summed E-state index contributed by atoms with van der Waals surface area (Å²) in [5, 5.41) is 4.68. The van der Waals surface area contributed by atoms with Crippen LogP contribution in [-0.4, -0.2) is 15.0 Å². The van der Waals surface area contributed by atoms with Crippen LogP contribution >= 0.6 is 11.6 Å². The van der Waals surface area contributed by atoms with Crippen molar-refractivity contribution in [3.63, 3.8) is 0 Å². The molecule has 10 rings (SSSR count). The van der Waals surface area contributed by atoms with Gasteiger partial charge in [-0.1, -0.05) is 104 Å². The maximum Gasteiger partial charge on any atom is 0.164 e. The quantitative estimate of drug-likeness (QED) is 0.192. The standard InChI is InChI=1S/C42H26ClN3O2/c1-42(2)32-11-5-3-8-26(32)27-17-14-23(20-33(27)42)39-44-40(24-15-18-29-28-9-4-6-13-35(28)47-36(29)21-24)46-41(45-39)25-16-19-30-31-10-7-12-34(43)38(31)48-37(30)22-25/h3-22H,1-2H3. The number of fused-ring (bicyclic) bond motifs is 9. The molecule has 6 heteroatoms. The van der Waals surface area contributed by atoms with E-state index in [1.165, 1.54) is 22.3 Å². The highest BCUT2D eigenvalue weighted by molar-refractivity contribution is 6.35. The summed E-state index contributed by atoms with van der Waals surface area (Å²) in [6.45, 7) is 4.56. The number of rotatable bonds is 3. The molecule has 0 amide bonds. The zero-order valence-electron chi connectivity index (χ0n) is 26.1. The average Bonchev–Trinajstić information content (AvgIpc) is 3.76. The summed E-state index contributed by atoms with van der Waals surface area (Å²) in [5.74, 6) is 1.71. The normalized spacial score (nSPS) is 13.5. The first-order valence-electron chi connectivity index (χ1n) is 16.0. The number of para-hydroxylation sites is 2. The summed E-state index contributed by atoms with van der Waals surface area (Å²) in [7, 11) is 0. The topological polar surface area (TPSA) is 65.0 Å². The smallest absolute Gasteiger partial charge is 0.164 e. The van der Waals surface area contributed by atoms with E-state index >= 15 is 0 Å². The number of aromatic nitrogens is 3. The Bertz CT molecular complexity index is 2790. The Labute approximate surface area is 280 Å². The minimum Gasteiger partial charge on any atom is -0.456 e. The Morgan fingerprint density at radius 1 is 0.479 bits per heavy atom. The molecule has 5 nitrogen and oxygen atoms in total. The zero-order valence-corrected chi connectivity index (χ0v) is 26.8. The first-order chi connectivity index (χ1) is 23.4. The van der Waals surface area contributed by atoms with Crippen molar-refractivity contribution < 1.29 is 8.83 Å². The number of hydrogen-bond donors (Lipinski definition) is 0. The van der Waals surface area contributed by atoms with E-state index in [0.29, 0.717) is 28.1 Å². The largest absolute Gasteiger partial charge is 0.456 e. The second-order valence-corrected chi connectivity index (χ2v) is 13.4. The molecule has 9 aromatic rings. The summed E-state index contributed by atoms with van der Waals surface area (Å²) in [5.41, 5.74) is 10.6. The van der Waals surface area contributed by atoms with E-state index in [9.17, 15) is 0 Å². The molecule has 48 heavy (non-hydrogen) atoms. The van der Waals surface area contributed by atoms with E-state index in [0.717, 1.165) is 55.0 Å². The van der Waals surface area contributed by atoms with Crippen molar-refractivity contribution in [1.82, 2.24) is 15.0 Å². The summed E-state index contributed by atoms with van der Waals surface area (Å²) < 4.78 is 12.5. The summed E-state index contributed by atoms with van der Waals surface area (Å²) in [6, 6.07) is 41.3. The van der Waals surface area contributed by atoms with Crippen molar-refractivity contribution in [1.29, 1.82) is 0 Å². The van der Waals surface area contributed by atoms with Gasteiger partial charge in [0.05, 0.1) is 5.02 Å². The second-order valence-electron chi connectivity index (χ2n) is 13.0. The monoisotopic (exact) mass is 639 g/mol. The van der Waals surface area contributed by atoms with E-state index < -0.39 is 0 Å². The molecular formula is C42H26ClN3O2. The lowest BCUT2D eigenvalue weighted by molar-refractivity contribution is 0.660. The van der Waals surface area contributed by atoms with Crippen LogP contribution in [0.15, 0.2) is 130 Å². The van der Waals surface area contributed by atoms with Gasteiger partial charge in [0.15, 0.2) is 23.1 Å². The Balaban J connectivity index is 1.17. The molecule has 228 valence electrons. The van der Waals surface area contributed by atoms with Crippen LogP contribution in [0.3, 0.4) is 0 Å². The predicted octanol–water partition coefficient (Wildman–Crippen LogP) is 11.6. The molecule has 0 radical (unpaired) electrons. The summed E-state index contributed by atoms with van der Waals surface area (Å²) in [4.78, 5) is 15.2. The van der Waals surface area contributed by atoms with Gasteiger partial charge in [-0.05, 0) is 64.7 Å². The molecule has 1 aliphatic carbocycles. The Morgan fingerprint density at radius 2 is 1.04 bits per heavy atom. The van der Waals surface area contributed by atoms with Crippen LogP contribution in [0.25, 0.3) is 89.2 Å². The molecule has 3 heterocycles. The number of hydrogen-bond acceptors (Lipinski definition) is 5. The minimum absolute atomic E-state index is 0.152. The lowest BCUT2D eigenvalue weighted by Crippen LogP contribution is -2.15. The van der Waals surface area contributed by atoms with Gasteiger partial charge in [0.1, 0.15) is 16.7 Å². The van der Waals surface area contributed by atoms with Gasteiger partial charge in [0.25, 0.3) is 0 Å². The molecule has 0 saturated carbocycles. The third kappa shape index (κ3) is 3.95. The van der Waals surface area contributed by atoms with Crippen molar-refractivity contribution in [3.05, 3.63) is 137 Å². The molecule has 0 atom stereocenters. The zero-order chi connectivity index (χ0) is 32.1. The Hall–Kier alpha value is -5.78. The number of nitrogens with zero attached hydrogens (tertiary/aromatic N) is 3. The van der Waals surface area contributed by atoms with Crippen molar-refractivity contribution >= 4 is 55.5 Å². The SMILES string of the molecule is CC1(C)c2ccccc2-c2ccc(-c3nc(-c4ccc5c(c4)oc4ccccc45)nc(-c4ccc5c(c4)oc4c(Cl)cccc45)n3)cc21. The average molecular weight is 640 g/mol. The number of halogens is 1. The second kappa shape index (κ2) is 9.86. The Morgan fingerprint density at radius 3 is 1.81 bits per heavy atom. The molecule has 0 spiro atoms. The molecule has 0 aliphatic heterocycles. The number of benzene rings is 6. The van der Waals surface area contributed by atoms with E-state index in [-0.39, 0.29) is 5.41 Å². The molecule has 0 saturated heterocycles. The van der Waals surface area contributed by atoms with Crippen LogP contribution in [0, 0.1) is 0 Å². The van der Waals surface area contributed by atoms with Crippen LogP contribution in [0.2, 0.25) is 5.02 Å². The van der Waals surface area contributed by atoms with Crippen LogP contribution < -0.4 is 0 Å². The lowest BCUT2D eigenvalue weighted by Gasteiger charge is -2.21.